The van der Waals surface area contributed by atoms with Crippen LogP contribution in [0.1, 0.15) is 42.6 Å². The third-order valence-corrected chi connectivity index (χ3v) is 6.25. The second kappa shape index (κ2) is 8.41. The molecule has 1 aliphatic carbocycles. The van der Waals surface area contributed by atoms with E-state index in [9.17, 15) is 17.6 Å². The largest absolute Gasteiger partial charge is 0.493 e. The number of rotatable bonds is 8. The van der Waals surface area contributed by atoms with Crippen LogP contribution in [-0.2, 0) is 16.7 Å². The average Bonchev–Trinajstić information content (AvgIpc) is 3.50. The molecule has 1 amide bonds. The lowest BCUT2D eigenvalue weighted by atomic mass is 10.1. The van der Waals surface area contributed by atoms with E-state index >= 15 is 0 Å². The van der Waals surface area contributed by atoms with Crippen LogP contribution in [0.25, 0.3) is 0 Å². The van der Waals surface area contributed by atoms with E-state index < -0.39 is 21.2 Å². The van der Waals surface area contributed by atoms with Crippen molar-refractivity contribution in [2.45, 2.75) is 44.5 Å². The topological polar surface area (TPSA) is 72.9 Å². The first-order valence-corrected chi connectivity index (χ1v) is 10.8. The Hall–Kier alpha value is -2.61. The highest BCUT2D eigenvalue weighted by molar-refractivity contribution is 7.87. The Morgan fingerprint density at radius 3 is 2.48 bits per heavy atom. The van der Waals surface area contributed by atoms with Crippen LogP contribution in [0.4, 0.5) is 4.39 Å². The van der Waals surface area contributed by atoms with Gasteiger partial charge in [-0.15, -0.1) is 0 Å². The van der Waals surface area contributed by atoms with Crippen LogP contribution < -0.4 is 8.92 Å². The maximum atomic E-state index is 13.5. The maximum Gasteiger partial charge on any atom is 0.311 e. The molecule has 1 saturated carbocycles. The Morgan fingerprint density at radius 1 is 1.17 bits per heavy atom. The predicted molar refractivity (Wildman–Crippen MR) is 107 cm³/mol. The molecule has 8 heteroatoms. The second-order valence-corrected chi connectivity index (χ2v) is 9.38. The summed E-state index contributed by atoms with van der Waals surface area (Å²) in [6, 6.07) is 10.6. The first-order chi connectivity index (χ1) is 13.7. The standard InChI is InChI=1S/C21H24FNO5S/c1-14(2)29(25,26)28-20-11-15(7-10-19(20)27-3)13-23(18-8-9-18)21(24)16-5-4-6-17(22)12-16/h4-7,10-12,14,18H,8-9,13H2,1-3H3. The van der Waals surface area contributed by atoms with E-state index in [4.69, 9.17) is 8.92 Å². The van der Waals surface area contributed by atoms with E-state index in [1.165, 1.54) is 39.2 Å². The van der Waals surface area contributed by atoms with Crippen molar-refractivity contribution >= 4 is 16.0 Å². The summed E-state index contributed by atoms with van der Waals surface area (Å²) in [6.45, 7) is 3.30. The zero-order valence-electron chi connectivity index (χ0n) is 16.6. The van der Waals surface area contributed by atoms with Crippen molar-refractivity contribution in [3.05, 3.63) is 59.4 Å². The molecule has 0 spiro atoms. The van der Waals surface area contributed by atoms with Crippen molar-refractivity contribution in [2.75, 3.05) is 7.11 Å². The van der Waals surface area contributed by atoms with Crippen LogP contribution in [0, 0.1) is 5.82 Å². The lowest BCUT2D eigenvalue weighted by Crippen LogP contribution is -2.32. The molecule has 1 aliphatic rings. The van der Waals surface area contributed by atoms with Gasteiger partial charge in [0.05, 0.1) is 12.4 Å². The van der Waals surface area contributed by atoms with Gasteiger partial charge in [-0.3, -0.25) is 4.79 Å². The van der Waals surface area contributed by atoms with E-state index in [2.05, 4.69) is 0 Å². The number of carbonyl (C=O) groups excluding carboxylic acids is 1. The second-order valence-electron chi connectivity index (χ2n) is 7.28. The van der Waals surface area contributed by atoms with Gasteiger partial charge >= 0.3 is 10.1 Å². The molecule has 2 aromatic rings. The molecule has 0 aromatic heterocycles. The van der Waals surface area contributed by atoms with Crippen molar-refractivity contribution < 1.29 is 26.5 Å². The number of methoxy groups -OCH3 is 1. The quantitative estimate of drug-likeness (QED) is 0.607. The zero-order valence-corrected chi connectivity index (χ0v) is 17.4. The number of ether oxygens (including phenoxy) is 1. The summed E-state index contributed by atoms with van der Waals surface area (Å²) < 4.78 is 48.3. The normalized spacial score (nSPS) is 14.0. The number of hydrogen-bond acceptors (Lipinski definition) is 5. The number of nitrogens with zero attached hydrogens (tertiary/aromatic N) is 1. The van der Waals surface area contributed by atoms with E-state index in [1.807, 2.05) is 0 Å². The SMILES string of the molecule is COc1ccc(CN(C(=O)c2cccc(F)c2)C2CC2)cc1OS(=O)(=O)C(C)C. The molecule has 0 N–H and O–H groups in total. The van der Waals surface area contributed by atoms with Crippen LogP contribution in [-0.4, -0.2) is 37.6 Å². The summed E-state index contributed by atoms with van der Waals surface area (Å²) in [7, 11) is -2.37. The van der Waals surface area contributed by atoms with Crippen molar-refractivity contribution in [3.63, 3.8) is 0 Å². The first kappa shape index (κ1) is 21.1. The number of benzene rings is 2. The summed E-state index contributed by atoms with van der Waals surface area (Å²) >= 11 is 0. The van der Waals surface area contributed by atoms with Crippen molar-refractivity contribution in [2.24, 2.45) is 0 Å². The van der Waals surface area contributed by atoms with Gasteiger partial charge in [0.15, 0.2) is 11.5 Å². The van der Waals surface area contributed by atoms with Gasteiger partial charge in [0.2, 0.25) is 0 Å². The molecule has 29 heavy (non-hydrogen) atoms. The van der Waals surface area contributed by atoms with E-state index in [-0.39, 0.29) is 35.6 Å². The Morgan fingerprint density at radius 2 is 1.90 bits per heavy atom. The Kier molecular flexibility index (Phi) is 6.12. The van der Waals surface area contributed by atoms with Gasteiger partial charge in [0.1, 0.15) is 5.82 Å². The van der Waals surface area contributed by atoms with E-state index in [0.29, 0.717) is 5.56 Å². The fraction of sp³-hybridized carbons (Fsp3) is 0.381. The number of amides is 1. The highest BCUT2D eigenvalue weighted by Crippen LogP contribution is 2.33. The minimum atomic E-state index is -3.80. The van der Waals surface area contributed by atoms with Crippen molar-refractivity contribution in [1.29, 1.82) is 0 Å². The lowest BCUT2D eigenvalue weighted by Gasteiger charge is -2.23. The summed E-state index contributed by atoms with van der Waals surface area (Å²) in [5.41, 5.74) is 0.973. The van der Waals surface area contributed by atoms with Gasteiger partial charge in [-0.2, -0.15) is 8.42 Å². The van der Waals surface area contributed by atoms with Crippen LogP contribution in [0.3, 0.4) is 0 Å². The molecular weight excluding hydrogens is 397 g/mol. The molecule has 6 nitrogen and oxygen atoms in total. The van der Waals surface area contributed by atoms with Gasteiger partial charge < -0.3 is 13.8 Å². The molecule has 0 aliphatic heterocycles. The van der Waals surface area contributed by atoms with Crippen LogP contribution >= 0.6 is 0 Å². The smallest absolute Gasteiger partial charge is 0.311 e. The van der Waals surface area contributed by atoms with Gasteiger partial charge in [0, 0.05) is 18.2 Å². The van der Waals surface area contributed by atoms with E-state index in [1.54, 1.807) is 29.2 Å². The fourth-order valence-electron chi connectivity index (χ4n) is 2.84. The summed E-state index contributed by atoms with van der Waals surface area (Å²) in [5.74, 6) is -0.370. The van der Waals surface area contributed by atoms with Gasteiger partial charge in [-0.1, -0.05) is 12.1 Å². The van der Waals surface area contributed by atoms with Gasteiger partial charge in [-0.05, 0) is 62.6 Å². The number of carbonyl (C=O) groups is 1. The molecule has 0 heterocycles. The Balaban J connectivity index is 1.87. The number of halogens is 1. The lowest BCUT2D eigenvalue weighted by molar-refractivity contribution is 0.0729. The first-order valence-electron chi connectivity index (χ1n) is 9.38. The molecule has 0 unspecified atom stereocenters. The van der Waals surface area contributed by atoms with Crippen molar-refractivity contribution in [1.82, 2.24) is 4.90 Å². The molecule has 1 fully saturated rings. The van der Waals surface area contributed by atoms with Gasteiger partial charge in [0.25, 0.3) is 5.91 Å². The Bertz CT molecular complexity index is 1000. The van der Waals surface area contributed by atoms with Crippen LogP contribution in [0.2, 0.25) is 0 Å². The number of hydrogen-bond donors (Lipinski definition) is 0. The van der Waals surface area contributed by atoms with Crippen molar-refractivity contribution in [3.8, 4) is 11.5 Å². The summed E-state index contributed by atoms with van der Waals surface area (Å²) in [4.78, 5) is 14.6. The monoisotopic (exact) mass is 421 g/mol. The molecule has 0 saturated heterocycles. The fourth-order valence-corrected chi connectivity index (χ4v) is 3.42. The highest BCUT2D eigenvalue weighted by atomic mass is 32.2. The van der Waals surface area contributed by atoms with Crippen LogP contribution in [0.5, 0.6) is 11.5 Å². The molecule has 0 radical (unpaired) electrons. The summed E-state index contributed by atoms with van der Waals surface area (Å²) in [5, 5.41) is -0.714. The van der Waals surface area contributed by atoms with Gasteiger partial charge in [-0.25, -0.2) is 4.39 Å². The molecule has 0 atom stereocenters. The third-order valence-electron chi connectivity index (χ3n) is 4.68. The zero-order chi connectivity index (χ0) is 21.2. The predicted octanol–water partition coefficient (Wildman–Crippen LogP) is 3.76. The van der Waals surface area contributed by atoms with Crippen LogP contribution in [0.15, 0.2) is 42.5 Å². The molecule has 3 rings (SSSR count). The molecule has 156 valence electrons. The molecule has 0 bridgehead atoms. The minimum Gasteiger partial charge on any atom is -0.493 e. The maximum absolute atomic E-state index is 13.5. The highest BCUT2D eigenvalue weighted by Gasteiger charge is 2.33. The molecular formula is C21H24FNO5S. The third kappa shape index (κ3) is 5.06. The Labute approximate surface area is 170 Å². The average molecular weight is 421 g/mol. The van der Waals surface area contributed by atoms with E-state index in [0.717, 1.165) is 12.8 Å². The molecule has 2 aromatic carbocycles. The minimum absolute atomic E-state index is 0.0765. The summed E-state index contributed by atoms with van der Waals surface area (Å²) in [6.07, 6.45) is 1.75.